The summed E-state index contributed by atoms with van der Waals surface area (Å²) in [5.74, 6) is 1.28. The highest BCUT2D eigenvalue weighted by Gasteiger charge is 2.25. The fourth-order valence-electron chi connectivity index (χ4n) is 4.45. The van der Waals surface area contributed by atoms with Crippen LogP contribution in [0.4, 0.5) is 23.1 Å². The molecule has 1 amide bonds. The van der Waals surface area contributed by atoms with Crippen LogP contribution in [-0.2, 0) is 9.92 Å². The van der Waals surface area contributed by atoms with Crippen LogP contribution in [0.1, 0.15) is 48.2 Å². The third-order valence-corrected chi connectivity index (χ3v) is 6.46. The third-order valence-electron chi connectivity index (χ3n) is 5.83. The van der Waals surface area contributed by atoms with E-state index in [1.807, 2.05) is 13.0 Å². The van der Waals surface area contributed by atoms with E-state index in [2.05, 4.69) is 30.2 Å². The fraction of sp³-hybridized carbons (Fsp3) is 0.500. The van der Waals surface area contributed by atoms with E-state index in [0.717, 1.165) is 56.7 Å². The SMILES string of the molecule is Cc1cc2nc(n1)NCCCCC1CCCN(C1)c1cc(NS(C)(=N)=O)ccc1C(=O)N2. The van der Waals surface area contributed by atoms with E-state index in [4.69, 9.17) is 4.78 Å². The van der Waals surface area contributed by atoms with Gasteiger partial charge in [0.1, 0.15) is 15.7 Å². The van der Waals surface area contributed by atoms with Gasteiger partial charge in [0.25, 0.3) is 5.91 Å². The second-order valence-electron chi connectivity index (χ2n) is 8.73. The summed E-state index contributed by atoms with van der Waals surface area (Å²) in [6.45, 7) is 4.42. The number of carbonyl (C=O) groups excluding carboxylic acids is 1. The number of aryl methyl sites for hydroxylation is 1. The first-order valence-corrected chi connectivity index (χ1v) is 13.0. The van der Waals surface area contributed by atoms with E-state index < -0.39 is 9.92 Å². The normalized spacial score (nSPS) is 21.1. The number of nitrogens with one attached hydrogen (secondary N) is 4. The van der Waals surface area contributed by atoms with Crippen LogP contribution >= 0.6 is 0 Å². The van der Waals surface area contributed by atoms with Crippen molar-refractivity contribution in [2.45, 2.75) is 39.0 Å². The average Bonchev–Trinajstić information content (AvgIpc) is 2.71. The molecular formula is C22H31N7O2S. The molecule has 1 saturated heterocycles. The van der Waals surface area contributed by atoms with Crippen LogP contribution in [0.25, 0.3) is 0 Å². The first-order valence-electron chi connectivity index (χ1n) is 11.1. The zero-order valence-electron chi connectivity index (χ0n) is 18.6. The van der Waals surface area contributed by atoms with Gasteiger partial charge in [-0.25, -0.2) is 14.0 Å². The summed E-state index contributed by atoms with van der Waals surface area (Å²) < 4.78 is 22.5. The van der Waals surface area contributed by atoms with Crippen LogP contribution in [0, 0.1) is 17.6 Å². The van der Waals surface area contributed by atoms with Crippen molar-refractivity contribution in [3.63, 3.8) is 0 Å². The number of rotatable bonds is 2. The number of fused-ring (bicyclic) bond motifs is 6. The Bertz CT molecular complexity index is 1100. The first-order chi connectivity index (χ1) is 15.3. The highest BCUT2D eigenvalue weighted by molar-refractivity contribution is 7.93. The Kier molecular flexibility index (Phi) is 6.50. The number of anilines is 4. The lowest BCUT2D eigenvalue weighted by molar-refractivity contribution is 0.102. The van der Waals surface area contributed by atoms with Gasteiger partial charge in [0.05, 0.1) is 11.3 Å². The number of piperidine rings is 1. The van der Waals surface area contributed by atoms with Crippen molar-refractivity contribution in [3.8, 4) is 0 Å². The summed E-state index contributed by atoms with van der Waals surface area (Å²) in [6.07, 6.45) is 6.88. The van der Waals surface area contributed by atoms with Crippen LogP contribution in [0.3, 0.4) is 0 Å². The molecule has 0 spiro atoms. The van der Waals surface area contributed by atoms with Gasteiger partial charge in [-0.3, -0.25) is 9.52 Å². The summed E-state index contributed by atoms with van der Waals surface area (Å²) in [5.41, 5.74) is 2.67. The van der Waals surface area contributed by atoms with Crippen molar-refractivity contribution in [1.82, 2.24) is 9.97 Å². The molecule has 0 aliphatic carbocycles. The molecule has 1 fully saturated rings. The predicted octanol–water partition coefficient (Wildman–Crippen LogP) is 3.85. The van der Waals surface area contributed by atoms with Crippen molar-refractivity contribution in [2.24, 2.45) is 5.92 Å². The average molecular weight is 458 g/mol. The van der Waals surface area contributed by atoms with Gasteiger partial charge >= 0.3 is 0 Å². The minimum absolute atomic E-state index is 0.254. The highest BCUT2D eigenvalue weighted by atomic mass is 32.2. The smallest absolute Gasteiger partial charge is 0.258 e. The van der Waals surface area contributed by atoms with E-state index in [1.54, 1.807) is 18.2 Å². The number of carbonyl (C=O) groups is 1. The maximum atomic E-state index is 13.3. The molecule has 2 atom stereocenters. The number of hydrogen-bond donors (Lipinski definition) is 4. The van der Waals surface area contributed by atoms with Gasteiger partial charge in [0, 0.05) is 43.3 Å². The molecule has 2 aliphatic heterocycles. The molecule has 2 aromatic rings. The van der Waals surface area contributed by atoms with Crippen molar-refractivity contribution in [1.29, 1.82) is 4.78 Å². The highest BCUT2D eigenvalue weighted by Crippen LogP contribution is 2.32. The largest absolute Gasteiger partial charge is 0.371 e. The quantitative estimate of drug-likeness (QED) is 0.543. The molecule has 32 heavy (non-hydrogen) atoms. The minimum atomic E-state index is -2.92. The van der Waals surface area contributed by atoms with Crippen molar-refractivity contribution >= 4 is 39.0 Å². The lowest BCUT2D eigenvalue weighted by atomic mass is 9.92. The number of amides is 1. The maximum Gasteiger partial charge on any atom is 0.258 e. The van der Waals surface area contributed by atoms with Gasteiger partial charge in [0.2, 0.25) is 5.95 Å². The van der Waals surface area contributed by atoms with E-state index in [0.29, 0.717) is 28.9 Å². The van der Waals surface area contributed by atoms with Crippen LogP contribution < -0.4 is 20.3 Å². The van der Waals surface area contributed by atoms with E-state index in [-0.39, 0.29) is 5.91 Å². The second kappa shape index (κ2) is 9.32. The van der Waals surface area contributed by atoms with Gasteiger partial charge in [0.15, 0.2) is 0 Å². The standard InChI is InChI=1S/C22H31N7O2S/c1-15-12-20-26-21(30)18-9-8-17(28-32(2,23)31)13-19(18)29-11-5-7-16(14-29)6-3-4-10-24-22(25-15)27-20/h8-9,12-13,16H,3-7,10-11,14H2,1-2H3,(H2,23,28,31)(H2,24,25,26,27,30). The van der Waals surface area contributed by atoms with Crippen molar-refractivity contribution < 1.29 is 9.00 Å². The maximum absolute atomic E-state index is 13.3. The van der Waals surface area contributed by atoms with E-state index >= 15 is 0 Å². The molecule has 4 rings (SSSR count). The number of nitrogens with zero attached hydrogens (tertiary/aromatic N) is 3. The number of benzene rings is 1. The molecule has 0 radical (unpaired) electrons. The summed E-state index contributed by atoms with van der Waals surface area (Å²) in [4.78, 5) is 24.4. The molecule has 172 valence electrons. The molecule has 2 unspecified atom stereocenters. The monoisotopic (exact) mass is 457 g/mol. The van der Waals surface area contributed by atoms with Crippen LogP contribution in [0.15, 0.2) is 24.3 Å². The molecule has 1 aromatic carbocycles. The number of hydrogen-bond acceptors (Lipinski definition) is 7. The molecule has 10 heteroatoms. The zero-order chi connectivity index (χ0) is 22.7. The Morgan fingerprint density at radius 2 is 2.00 bits per heavy atom. The van der Waals surface area contributed by atoms with Crippen LogP contribution in [0.2, 0.25) is 0 Å². The molecule has 1 aromatic heterocycles. The van der Waals surface area contributed by atoms with E-state index in [1.165, 1.54) is 12.7 Å². The van der Waals surface area contributed by atoms with Crippen LogP contribution in [-0.4, -0.2) is 46.0 Å². The van der Waals surface area contributed by atoms with E-state index in [9.17, 15) is 9.00 Å². The molecule has 4 bridgehead atoms. The summed E-state index contributed by atoms with van der Waals surface area (Å²) in [6, 6.07) is 7.02. The third kappa shape index (κ3) is 5.67. The molecular weight excluding hydrogens is 426 g/mol. The first kappa shape index (κ1) is 22.3. The minimum Gasteiger partial charge on any atom is -0.371 e. The van der Waals surface area contributed by atoms with Gasteiger partial charge in [-0.1, -0.05) is 6.42 Å². The summed E-state index contributed by atoms with van der Waals surface area (Å²) >= 11 is 0. The van der Waals surface area contributed by atoms with Gasteiger partial charge < -0.3 is 15.5 Å². The second-order valence-corrected chi connectivity index (χ2v) is 10.6. The fourth-order valence-corrected chi connectivity index (χ4v) is 5.02. The molecule has 0 saturated carbocycles. The molecule has 3 heterocycles. The Morgan fingerprint density at radius 3 is 2.81 bits per heavy atom. The predicted molar refractivity (Wildman–Crippen MR) is 129 cm³/mol. The lowest BCUT2D eigenvalue weighted by Gasteiger charge is -2.35. The van der Waals surface area contributed by atoms with Gasteiger partial charge in [-0.05, 0) is 56.7 Å². The summed E-state index contributed by atoms with van der Waals surface area (Å²) in [7, 11) is -2.92. The molecule has 2 aliphatic rings. The van der Waals surface area contributed by atoms with Crippen molar-refractivity contribution in [2.75, 3.05) is 46.1 Å². The molecule has 9 nitrogen and oxygen atoms in total. The van der Waals surface area contributed by atoms with Gasteiger partial charge in [-0.15, -0.1) is 0 Å². The van der Waals surface area contributed by atoms with Crippen LogP contribution in [0.5, 0.6) is 0 Å². The Morgan fingerprint density at radius 1 is 1.19 bits per heavy atom. The Labute approximate surface area is 189 Å². The number of aromatic nitrogens is 2. The summed E-state index contributed by atoms with van der Waals surface area (Å²) in [5, 5.41) is 6.20. The Balaban J connectivity index is 1.73. The van der Waals surface area contributed by atoms with Crippen molar-refractivity contribution in [3.05, 3.63) is 35.5 Å². The van der Waals surface area contributed by atoms with Gasteiger partial charge in [-0.2, -0.15) is 4.98 Å². The zero-order valence-corrected chi connectivity index (χ0v) is 19.4. The molecule has 4 N–H and O–H groups in total. The Hall–Kier alpha value is -2.88. The lowest BCUT2D eigenvalue weighted by Crippen LogP contribution is -2.36. The topological polar surface area (TPSA) is 123 Å².